The summed E-state index contributed by atoms with van der Waals surface area (Å²) < 4.78 is 23.8. The van der Waals surface area contributed by atoms with Gasteiger partial charge in [0.15, 0.2) is 5.76 Å². The minimum Gasteiger partial charge on any atom is -0.459 e. The lowest BCUT2D eigenvalue weighted by Crippen LogP contribution is -2.47. The highest BCUT2D eigenvalue weighted by Crippen LogP contribution is 2.18. The molecule has 1 atom stereocenters. The molecule has 3 heterocycles. The Morgan fingerprint density at radius 1 is 0.957 bits per heavy atom. The molecule has 46 heavy (non-hydrogen) atoms. The van der Waals surface area contributed by atoms with E-state index in [1.54, 1.807) is 67.7 Å². The van der Waals surface area contributed by atoms with Crippen LogP contribution < -0.4 is 5.32 Å². The zero-order valence-electron chi connectivity index (χ0n) is 25.7. The van der Waals surface area contributed by atoms with Crippen LogP contribution in [0.4, 0.5) is 5.69 Å². The van der Waals surface area contributed by atoms with E-state index in [4.69, 9.17) is 4.42 Å². The molecule has 0 aliphatic carbocycles. The van der Waals surface area contributed by atoms with Gasteiger partial charge in [0, 0.05) is 78.1 Å². The van der Waals surface area contributed by atoms with Gasteiger partial charge >= 0.3 is 0 Å². The molecule has 2 amide bonds. The molecule has 1 saturated heterocycles. The maximum atomic E-state index is 14.2. The maximum Gasteiger partial charge on any atom is 0.291 e. The van der Waals surface area contributed by atoms with Crippen LogP contribution in [0.3, 0.4) is 0 Å². The number of β-amino-alcohol motifs (C(OH)–C–C–N with tert-alkyl or cyclic N) is 1. The third-order valence-corrected chi connectivity index (χ3v) is 9.96. The highest BCUT2D eigenvalue weighted by Gasteiger charge is 2.20. The van der Waals surface area contributed by atoms with Crippen molar-refractivity contribution in [3.63, 3.8) is 0 Å². The number of hydrogen-bond donors (Lipinski definition) is 2. The summed E-state index contributed by atoms with van der Waals surface area (Å²) in [6, 6.07) is 19.3. The van der Waals surface area contributed by atoms with Crippen molar-refractivity contribution in [3.05, 3.63) is 113 Å². The third kappa shape index (κ3) is 8.77. The van der Waals surface area contributed by atoms with Crippen LogP contribution in [0.2, 0.25) is 0 Å². The van der Waals surface area contributed by atoms with Gasteiger partial charge in [-0.2, -0.15) is 4.36 Å². The number of benzene rings is 2. The Kier molecular flexibility index (Phi) is 11.1. The molecule has 0 spiro atoms. The zero-order valence-corrected chi connectivity index (χ0v) is 26.5. The number of aryl methyl sites for hydroxylation is 1. The van der Waals surface area contributed by atoms with E-state index in [2.05, 4.69) is 36.3 Å². The van der Waals surface area contributed by atoms with E-state index in [0.29, 0.717) is 34.7 Å². The Morgan fingerprint density at radius 2 is 1.70 bits per heavy atom. The van der Waals surface area contributed by atoms with Gasteiger partial charge in [0.2, 0.25) is 0 Å². The Balaban J connectivity index is 1.28. The first-order valence-corrected chi connectivity index (χ1v) is 16.8. The largest absolute Gasteiger partial charge is 0.459 e. The number of anilines is 1. The monoisotopic (exact) mass is 639 g/mol. The van der Waals surface area contributed by atoms with Crippen molar-refractivity contribution in [2.75, 3.05) is 56.9 Å². The van der Waals surface area contributed by atoms with Crippen molar-refractivity contribution in [2.45, 2.75) is 18.2 Å². The molecule has 2 aromatic carbocycles. The second-order valence-electron chi connectivity index (χ2n) is 11.0. The van der Waals surface area contributed by atoms with Crippen LogP contribution in [0.5, 0.6) is 0 Å². The van der Waals surface area contributed by atoms with E-state index >= 15 is 0 Å². The van der Waals surface area contributed by atoms with Crippen molar-refractivity contribution >= 4 is 27.2 Å². The van der Waals surface area contributed by atoms with Gasteiger partial charge in [-0.15, -0.1) is 0 Å². The molecule has 1 aliphatic rings. The van der Waals surface area contributed by atoms with E-state index in [-0.39, 0.29) is 29.6 Å². The molecular formula is C35H37N5O5S. The second kappa shape index (κ2) is 15.6. The maximum absolute atomic E-state index is 14.2. The Hall–Kier alpha value is -4.60. The molecule has 238 valence electrons. The summed E-state index contributed by atoms with van der Waals surface area (Å²) in [5.41, 5.74) is 2.65. The number of carbonyl (C=O) groups is 2. The molecule has 0 radical (unpaired) electrons. The number of aliphatic hydroxyl groups is 1. The fraction of sp³-hybridized carbons (Fsp3) is 0.286. The number of aromatic nitrogens is 1. The summed E-state index contributed by atoms with van der Waals surface area (Å²) in [5.74, 6) is 5.60. The SMILES string of the molecule is Cc1ccoc1C(=O)Nc1cccc(C#Cc2cncc(C(=O)N=S(=O)(CCCN3CCN(CCO)CC3)c3ccccc3)c2)c1. The molecule has 2 aromatic heterocycles. The van der Waals surface area contributed by atoms with E-state index in [0.717, 1.165) is 38.3 Å². The molecule has 1 fully saturated rings. The fourth-order valence-corrected chi connectivity index (χ4v) is 7.04. The number of carbonyl (C=O) groups excluding carboxylic acids is 2. The van der Waals surface area contributed by atoms with E-state index in [1.165, 1.54) is 12.5 Å². The van der Waals surface area contributed by atoms with E-state index in [1.807, 2.05) is 12.1 Å². The molecule has 5 rings (SSSR count). The van der Waals surface area contributed by atoms with Crippen molar-refractivity contribution in [3.8, 4) is 11.8 Å². The van der Waals surface area contributed by atoms with Crippen molar-refractivity contribution in [1.29, 1.82) is 0 Å². The summed E-state index contributed by atoms with van der Waals surface area (Å²) in [6.07, 6.45) is 5.04. The van der Waals surface area contributed by atoms with Crippen molar-refractivity contribution in [1.82, 2.24) is 14.8 Å². The molecule has 4 aromatic rings. The van der Waals surface area contributed by atoms with Crippen LogP contribution >= 0.6 is 0 Å². The number of rotatable bonds is 10. The van der Waals surface area contributed by atoms with E-state index < -0.39 is 15.6 Å². The molecular weight excluding hydrogens is 602 g/mol. The number of amides is 2. The Bertz CT molecular complexity index is 1850. The van der Waals surface area contributed by atoms with Gasteiger partial charge in [0.25, 0.3) is 11.8 Å². The van der Waals surface area contributed by atoms with Gasteiger partial charge in [-0.25, -0.2) is 4.21 Å². The minimum absolute atomic E-state index is 0.155. The van der Waals surface area contributed by atoms with Gasteiger partial charge < -0.3 is 19.7 Å². The average Bonchev–Trinajstić information content (AvgIpc) is 3.51. The van der Waals surface area contributed by atoms with Crippen LogP contribution in [-0.2, 0) is 9.73 Å². The smallest absolute Gasteiger partial charge is 0.291 e. The molecule has 2 N–H and O–H groups in total. The number of aliphatic hydroxyl groups excluding tert-OH is 1. The molecule has 0 saturated carbocycles. The molecule has 10 nitrogen and oxygen atoms in total. The summed E-state index contributed by atoms with van der Waals surface area (Å²) in [5, 5.41) is 12.0. The van der Waals surface area contributed by atoms with Gasteiger partial charge in [-0.1, -0.05) is 36.1 Å². The Labute approximate surface area is 269 Å². The topological polar surface area (TPSA) is 128 Å². The van der Waals surface area contributed by atoms with Crippen LogP contribution in [0.25, 0.3) is 0 Å². The first-order chi connectivity index (χ1) is 22.3. The van der Waals surface area contributed by atoms with Gasteiger partial charge in [-0.05, 0) is 62.4 Å². The summed E-state index contributed by atoms with van der Waals surface area (Å²) in [6.45, 7) is 6.91. The van der Waals surface area contributed by atoms with Crippen LogP contribution in [0.1, 0.15) is 44.0 Å². The molecule has 1 aliphatic heterocycles. The first-order valence-electron chi connectivity index (χ1n) is 15.2. The standard InChI is InChI=1S/C35H37N5O5S/c1-27-13-21-45-33(27)35(43)37-31-8-5-7-28(24-31)11-12-29-23-30(26-36-25-29)34(42)38-46(44,32-9-3-2-4-10-32)22-6-14-39-15-17-40(18-16-39)19-20-41/h2-5,7-10,13,21,23-26,41H,6,14-20,22H2,1H3,(H,37,43). The van der Waals surface area contributed by atoms with Gasteiger partial charge in [0.1, 0.15) is 0 Å². The number of nitrogens with zero attached hydrogens (tertiary/aromatic N) is 4. The van der Waals surface area contributed by atoms with Crippen LogP contribution in [-0.4, -0.2) is 87.5 Å². The van der Waals surface area contributed by atoms with Gasteiger partial charge in [-0.3, -0.25) is 19.5 Å². The number of hydrogen-bond acceptors (Lipinski definition) is 8. The lowest BCUT2D eigenvalue weighted by Gasteiger charge is -2.34. The lowest BCUT2D eigenvalue weighted by molar-refractivity contribution is 0.0991. The number of furan rings is 1. The average molecular weight is 640 g/mol. The second-order valence-corrected chi connectivity index (χ2v) is 13.3. The van der Waals surface area contributed by atoms with Crippen LogP contribution in [0.15, 0.2) is 99.1 Å². The number of piperazine rings is 1. The highest BCUT2D eigenvalue weighted by molar-refractivity contribution is 7.94. The molecule has 0 bridgehead atoms. The van der Waals surface area contributed by atoms with Crippen molar-refractivity contribution in [2.24, 2.45) is 4.36 Å². The predicted octanol–water partition coefficient (Wildman–Crippen LogP) is 4.30. The van der Waals surface area contributed by atoms with Gasteiger partial charge in [0.05, 0.1) is 28.2 Å². The third-order valence-electron chi connectivity index (χ3n) is 7.64. The number of pyridine rings is 1. The van der Waals surface area contributed by atoms with Crippen LogP contribution in [0, 0.1) is 18.8 Å². The first kappa shape index (κ1) is 32.8. The normalized spacial score (nSPS) is 14.9. The summed E-state index contributed by atoms with van der Waals surface area (Å²) in [4.78, 5) is 35.1. The minimum atomic E-state index is -3.04. The lowest BCUT2D eigenvalue weighted by atomic mass is 10.1. The van der Waals surface area contributed by atoms with Crippen molar-refractivity contribution < 1.29 is 23.3 Å². The highest BCUT2D eigenvalue weighted by atomic mass is 32.2. The van der Waals surface area contributed by atoms with E-state index in [9.17, 15) is 18.9 Å². The Morgan fingerprint density at radius 3 is 2.41 bits per heavy atom. The summed E-state index contributed by atoms with van der Waals surface area (Å²) in [7, 11) is -3.04. The molecule has 1 unspecified atom stereocenters. The summed E-state index contributed by atoms with van der Waals surface area (Å²) >= 11 is 0. The zero-order chi connectivity index (χ0) is 32.4. The quantitative estimate of drug-likeness (QED) is 0.246. The predicted molar refractivity (Wildman–Crippen MR) is 177 cm³/mol. The molecule has 11 heteroatoms. The fourth-order valence-electron chi connectivity index (χ4n) is 5.14. The number of nitrogens with one attached hydrogen (secondary N) is 1.